The number of benzene rings is 1. The molecule has 0 aliphatic carbocycles. The predicted octanol–water partition coefficient (Wildman–Crippen LogP) is 1.12. The van der Waals surface area contributed by atoms with E-state index in [0.29, 0.717) is 17.2 Å². The smallest absolute Gasteiger partial charge is 0.301 e. The monoisotopic (exact) mass is 325 g/mol. The number of nitrogens with one attached hydrogen (secondary N) is 1. The van der Waals surface area contributed by atoms with E-state index >= 15 is 0 Å². The van der Waals surface area contributed by atoms with E-state index in [9.17, 15) is 25.0 Å². The fourth-order valence-corrected chi connectivity index (χ4v) is 3.03. The third kappa shape index (κ3) is 3.31. The maximum Gasteiger partial charge on any atom is 0.301 e. The summed E-state index contributed by atoms with van der Waals surface area (Å²) in [5, 5.41) is 25.6. The Hall–Kier alpha value is -2.69. The molecule has 1 unspecified atom stereocenters. The maximum absolute atomic E-state index is 11.2. The molecule has 1 amide bonds. The summed E-state index contributed by atoms with van der Waals surface area (Å²) in [5.74, 6) is -0.0297. The first-order chi connectivity index (χ1) is 10.4. The van der Waals surface area contributed by atoms with E-state index in [-0.39, 0.29) is 5.69 Å². The number of hydrogen-bond acceptors (Lipinski definition) is 8. The Morgan fingerprint density at radius 2 is 2.09 bits per heavy atom. The standard InChI is InChI=1S/C11H11N5O5S/c12-11(17)7-4-22-5-9(7)14-13-8-2-1-6(15(18)19)3-10(8)16(20)21/h1-3,7,13H,4-5H2,(H2,12,17). The molecule has 22 heavy (non-hydrogen) atoms. The van der Waals surface area contributed by atoms with Crippen LogP contribution in [0.2, 0.25) is 0 Å². The molecular weight excluding hydrogens is 314 g/mol. The number of anilines is 1. The van der Waals surface area contributed by atoms with Gasteiger partial charge in [-0.05, 0) is 6.07 Å². The summed E-state index contributed by atoms with van der Waals surface area (Å²) < 4.78 is 0. The first kappa shape index (κ1) is 15.7. The van der Waals surface area contributed by atoms with Crippen LogP contribution in [0, 0.1) is 26.1 Å². The highest BCUT2D eigenvalue weighted by Gasteiger charge is 2.28. The van der Waals surface area contributed by atoms with Gasteiger partial charge in [-0.1, -0.05) is 0 Å². The molecule has 10 nitrogen and oxygen atoms in total. The summed E-state index contributed by atoms with van der Waals surface area (Å²) in [6, 6.07) is 3.17. The van der Waals surface area contributed by atoms with Gasteiger partial charge >= 0.3 is 5.69 Å². The van der Waals surface area contributed by atoms with Gasteiger partial charge in [-0.15, -0.1) is 0 Å². The molecule has 1 saturated heterocycles. The van der Waals surface area contributed by atoms with E-state index in [0.717, 1.165) is 12.1 Å². The van der Waals surface area contributed by atoms with Crippen LogP contribution in [-0.2, 0) is 4.79 Å². The first-order valence-corrected chi connectivity index (χ1v) is 7.18. The van der Waals surface area contributed by atoms with Gasteiger partial charge in [0, 0.05) is 17.6 Å². The number of carbonyl (C=O) groups excluding carboxylic acids is 1. The molecular formula is C11H11N5O5S. The minimum Gasteiger partial charge on any atom is -0.369 e. The number of nitrogens with two attached hydrogens (primary N) is 1. The zero-order valence-corrected chi connectivity index (χ0v) is 11.9. The molecule has 1 heterocycles. The van der Waals surface area contributed by atoms with Crippen LogP contribution in [0.4, 0.5) is 17.1 Å². The number of rotatable bonds is 5. The van der Waals surface area contributed by atoms with Crippen molar-refractivity contribution in [2.75, 3.05) is 16.9 Å². The molecule has 1 aliphatic rings. The Kier molecular flexibility index (Phi) is 4.56. The SMILES string of the molecule is NC(=O)C1CSCC1=NNc1ccc([N+](=O)[O-])cc1[N+](=O)[O-]. The van der Waals surface area contributed by atoms with Crippen molar-refractivity contribution in [3.05, 3.63) is 38.4 Å². The Bertz CT molecular complexity index is 677. The number of primary amides is 1. The third-order valence-corrected chi connectivity index (χ3v) is 4.06. The summed E-state index contributed by atoms with van der Waals surface area (Å²) in [5.41, 5.74) is 7.36. The Balaban J connectivity index is 2.28. The normalized spacial score (nSPS) is 19.1. The second-order valence-corrected chi connectivity index (χ2v) is 5.43. The lowest BCUT2D eigenvalue weighted by Gasteiger charge is -2.07. The second-order valence-electron chi connectivity index (χ2n) is 4.40. The minimum absolute atomic E-state index is 0.00298. The third-order valence-electron chi connectivity index (χ3n) is 2.99. The molecule has 1 aromatic rings. The van der Waals surface area contributed by atoms with Gasteiger partial charge in [0.05, 0.1) is 27.5 Å². The van der Waals surface area contributed by atoms with Crippen molar-refractivity contribution in [2.45, 2.75) is 0 Å². The number of amides is 1. The van der Waals surface area contributed by atoms with Crippen molar-refractivity contribution in [2.24, 2.45) is 16.8 Å². The zero-order chi connectivity index (χ0) is 16.3. The highest BCUT2D eigenvalue weighted by atomic mass is 32.2. The van der Waals surface area contributed by atoms with Gasteiger partial charge in [0.25, 0.3) is 5.69 Å². The largest absolute Gasteiger partial charge is 0.369 e. The molecule has 1 atom stereocenters. The maximum atomic E-state index is 11.2. The lowest BCUT2D eigenvalue weighted by molar-refractivity contribution is -0.393. The molecule has 3 N–H and O–H groups in total. The number of thioether (sulfide) groups is 1. The van der Waals surface area contributed by atoms with Gasteiger partial charge in [-0.3, -0.25) is 30.4 Å². The van der Waals surface area contributed by atoms with Crippen LogP contribution >= 0.6 is 11.8 Å². The Morgan fingerprint density at radius 3 is 2.68 bits per heavy atom. The number of carbonyl (C=O) groups is 1. The van der Waals surface area contributed by atoms with Gasteiger partial charge in [0.15, 0.2) is 0 Å². The summed E-state index contributed by atoms with van der Waals surface area (Å²) >= 11 is 1.48. The van der Waals surface area contributed by atoms with Crippen LogP contribution in [0.1, 0.15) is 0 Å². The summed E-state index contributed by atoms with van der Waals surface area (Å²) in [6.07, 6.45) is 0. The molecule has 0 radical (unpaired) electrons. The van der Waals surface area contributed by atoms with Crippen LogP contribution in [0.15, 0.2) is 23.3 Å². The number of nitro groups is 2. The molecule has 0 saturated carbocycles. The first-order valence-electron chi connectivity index (χ1n) is 6.02. The Labute approximate surface area is 128 Å². The van der Waals surface area contributed by atoms with Gasteiger partial charge in [-0.25, -0.2) is 0 Å². The summed E-state index contributed by atoms with van der Waals surface area (Å²) in [4.78, 5) is 31.4. The lowest BCUT2D eigenvalue weighted by atomic mass is 10.1. The highest BCUT2D eigenvalue weighted by Crippen LogP contribution is 2.29. The Morgan fingerprint density at radius 1 is 1.36 bits per heavy atom. The lowest BCUT2D eigenvalue weighted by Crippen LogP contribution is -2.29. The number of nitro benzene ring substituents is 2. The average molecular weight is 325 g/mol. The molecule has 2 rings (SSSR count). The van der Waals surface area contributed by atoms with Crippen LogP contribution in [-0.4, -0.2) is 33.0 Å². The summed E-state index contributed by atoms with van der Waals surface area (Å²) in [6.45, 7) is 0. The van der Waals surface area contributed by atoms with Crippen LogP contribution in [0.3, 0.4) is 0 Å². The van der Waals surface area contributed by atoms with Crippen LogP contribution in [0.25, 0.3) is 0 Å². The van der Waals surface area contributed by atoms with Crippen LogP contribution < -0.4 is 11.2 Å². The quantitative estimate of drug-likeness (QED) is 0.607. The van der Waals surface area contributed by atoms with Crippen molar-refractivity contribution >= 4 is 40.4 Å². The highest BCUT2D eigenvalue weighted by molar-refractivity contribution is 8.00. The van der Waals surface area contributed by atoms with E-state index in [2.05, 4.69) is 10.5 Å². The molecule has 0 aromatic heterocycles. The molecule has 116 valence electrons. The summed E-state index contributed by atoms with van der Waals surface area (Å²) in [7, 11) is 0. The fourth-order valence-electron chi connectivity index (χ4n) is 1.85. The van der Waals surface area contributed by atoms with E-state index in [1.165, 1.54) is 17.8 Å². The number of hydrogen-bond donors (Lipinski definition) is 2. The molecule has 1 aromatic carbocycles. The average Bonchev–Trinajstić information content (AvgIpc) is 2.93. The molecule has 1 aliphatic heterocycles. The number of nitrogens with zero attached hydrogens (tertiary/aromatic N) is 3. The number of hydrazone groups is 1. The molecule has 0 bridgehead atoms. The second kappa shape index (κ2) is 6.39. The van der Waals surface area contributed by atoms with E-state index in [1.54, 1.807) is 0 Å². The fraction of sp³-hybridized carbons (Fsp3) is 0.273. The van der Waals surface area contributed by atoms with E-state index in [1.807, 2.05) is 0 Å². The van der Waals surface area contributed by atoms with Crippen molar-refractivity contribution in [3.63, 3.8) is 0 Å². The van der Waals surface area contributed by atoms with Gasteiger partial charge in [0.2, 0.25) is 5.91 Å². The topological polar surface area (TPSA) is 154 Å². The van der Waals surface area contributed by atoms with Gasteiger partial charge in [-0.2, -0.15) is 16.9 Å². The van der Waals surface area contributed by atoms with E-state index in [4.69, 9.17) is 5.73 Å². The van der Waals surface area contributed by atoms with Crippen LogP contribution in [0.5, 0.6) is 0 Å². The predicted molar refractivity (Wildman–Crippen MR) is 80.8 cm³/mol. The van der Waals surface area contributed by atoms with Crippen molar-refractivity contribution in [1.82, 2.24) is 0 Å². The molecule has 0 spiro atoms. The zero-order valence-electron chi connectivity index (χ0n) is 11.1. The van der Waals surface area contributed by atoms with E-state index < -0.39 is 33.0 Å². The van der Waals surface area contributed by atoms with Crippen molar-refractivity contribution in [3.8, 4) is 0 Å². The minimum atomic E-state index is -0.746. The molecule has 1 fully saturated rings. The number of non-ortho nitro benzene ring substituents is 1. The van der Waals surface area contributed by atoms with Gasteiger partial charge in [0.1, 0.15) is 5.69 Å². The van der Waals surface area contributed by atoms with Crippen molar-refractivity contribution in [1.29, 1.82) is 0 Å². The van der Waals surface area contributed by atoms with Crippen molar-refractivity contribution < 1.29 is 14.6 Å². The van der Waals surface area contributed by atoms with Gasteiger partial charge < -0.3 is 5.73 Å². The molecule has 11 heteroatoms.